The summed E-state index contributed by atoms with van der Waals surface area (Å²) in [6.07, 6.45) is 3.93. The summed E-state index contributed by atoms with van der Waals surface area (Å²) >= 11 is 0. The van der Waals surface area contributed by atoms with Crippen LogP contribution in [-0.4, -0.2) is 24.9 Å². The van der Waals surface area contributed by atoms with Crippen molar-refractivity contribution in [3.63, 3.8) is 0 Å². The molecule has 1 aliphatic rings. The lowest BCUT2D eigenvalue weighted by Gasteiger charge is -2.22. The summed E-state index contributed by atoms with van der Waals surface area (Å²) in [7, 11) is 0. The molecule has 1 aromatic rings. The molecular weight excluding hydrogens is 266 g/mol. The second kappa shape index (κ2) is 7.78. The fourth-order valence-electron chi connectivity index (χ4n) is 2.70. The van der Waals surface area contributed by atoms with E-state index in [0.29, 0.717) is 18.0 Å². The van der Waals surface area contributed by atoms with E-state index in [1.54, 1.807) is 6.07 Å². The summed E-state index contributed by atoms with van der Waals surface area (Å²) < 4.78 is 0. The zero-order valence-electron chi connectivity index (χ0n) is 12.2. The molecule has 4 N–H and O–H groups in total. The predicted molar refractivity (Wildman–Crippen MR) is 82.8 cm³/mol. The highest BCUT2D eigenvalue weighted by atomic mass is 16.2. The van der Waals surface area contributed by atoms with Crippen LogP contribution < -0.4 is 16.4 Å². The second-order valence-electron chi connectivity index (χ2n) is 5.60. The van der Waals surface area contributed by atoms with Crippen LogP contribution in [-0.2, 0) is 16.0 Å². The molecule has 1 saturated heterocycles. The number of carbonyl (C=O) groups excluding carboxylic acids is 2. The lowest BCUT2D eigenvalue weighted by Crippen LogP contribution is -2.30. The van der Waals surface area contributed by atoms with Gasteiger partial charge in [-0.1, -0.05) is 18.2 Å². The molecule has 1 unspecified atom stereocenters. The third-order valence-electron chi connectivity index (χ3n) is 3.83. The maximum absolute atomic E-state index is 12.0. The minimum Gasteiger partial charge on any atom is -0.369 e. The van der Waals surface area contributed by atoms with Gasteiger partial charge < -0.3 is 16.4 Å². The number of hydrogen-bond acceptors (Lipinski definition) is 3. The van der Waals surface area contributed by atoms with Crippen molar-refractivity contribution >= 4 is 17.5 Å². The molecule has 0 spiro atoms. The Hall–Kier alpha value is -1.88. The van der Waals surface area contributed by atoms with E-state index in [4.69, 9.17) is 5.73 Å². The monoisotopic (exact) mass is 289 g/mol. The van der Waals surface area contributed by atoms with E-state index in [1.165, 1.54) is 12.8 Å². The van der Waals surface area contributed by atoms with Crippen molar-refractivity contribution in [1.82, 2.24) is 5.32 Å². The molecule has 0 radical (unpaired) electrons. The number of primary amides is 1. The van der Waals surface area contributed by atoms with Gasteiger partial charge >= 0.3 is 0 Å². The number of benzene rings is 1. The molecular formula is C16H23N3O2. The van der Waals surface area contributed by atoms with Crippen LogP contribution in [0, 0.1) is 5.92 Å². The molecule has 2 rings (SSSR count). The summed E-state index contributed by atoms with van der Waals surface area (Å²) in [4.78, 5) is 23.1. The smallest absolute Gasteiger partial charge is 0.224 e. The quantitative estimate of drug-likeness (QED) is 0.740. The van der Waals surface area contributed by atoms with E-state index in [0.717, 1.165) is 25.1 Å². The van der Waals surface area contributed by atoms with E-state index >= 15 is 0 Å². The molecule has 114 valence electrons. The Balaban J connectivity index is 1.85. The van der Waals surface area contributed by atoms with Crippen molar-refractivity contribution in [2.45, 2.75) is 32.1 Å². The Morgan fingerprint density at radius 1 is 1.33 bits per heavy atom. The Labute approximate surface area is 125 Å². The van der Waals surface area contributed by atoms with Crippen molar-refractivity contribution in [2.75, 3.05) is 18.4 Å². The Morgan fingerprint density at radius 3 is 2.86 bits per heavy atom. The number of nitrogens with two attached hydrogens (primary N) is 1. The highest BCUT2D eigenvalue weighted by molar-refractivity contribution is 5.92. The summed E-state index contributed by atoms with van der Waals surface area (Å²) in [5, 5.41) is 6.24. The van der Waals surface area contributed by atoms with Gasteiger partial charge in [-0.05, 0) is 49.9 Å². The molecule has 0 aliphatic carbocycles. The lowest BCUT2D eigenvalue weighted by atomic mass is 9.94. The van der Waals surface area contributed by atoms with Gasteiger partial charge in [-0.2, -0.15) is 0 Å². The number of para-hydroxylation sites is 1. The molecule has 1 atom stereocenters. The second-order valence-corrected chi connectivity index (χ2v) is 5.60. The van der Waals surface area contributed by atoms with Gasteiger partial charge in [0, 0.05) is 12.1 Å². The number of anilines is 1. The molecule has 0 aromatic heterocycles. The van der Waals surface area contributed by atoms with Crippen molar-refractivity contribution in [1.29, 1.82) is 0 Å². The van der Waals surface area contributed by atoms with Gasteiger partial charge in [0.05, 0.1) is 6.42 Å². The zero-order chi connectivity index (χ0) is 15.1. The van der Waals surface area contributed by atoms with Crippen LogP contribution in [0.4, 0.5) is 5.69 Å². The third-order valence-corrected chi connectivity index (χ3v) is 3.83. The molecule has 5 heteroatoms. The molecule has 2 amide bonds. The summed E-state index contributed by atoms with van der Waals surface area (Å²) in [5.41, 5.74) is 6.67. The molecule has 1 aliphatic heterocycles. The fraction of sp³-hybridized carbons (Fsp3) is 0.500. The first-order valence-corrected chi connectivity index (χ1v) is 7.52. The van der Waals surface area contributed by atoms with Gasteiger partial charge in [0.15, 0.2) is 0 Å². The highest BCUT2D eigenvalue weighted by Crippen LogP contribution is 2.18. The van der Waals surface area contributed by atoms with Crippen LogP contribution >= 0.6 is 0 Å². The normalized spacial score (nSPS) is 18.2. The molecule has 1 aromatic carbocycles. The van der Waals surface area contributed by atoms with E-state index in [9.17, 15) is 9.59 Å². The van der Waals surface area contributed by atoms with Crippen molar-refractivity contribution in [2.24, 2.45) is 11.7 Å². The van der Waals surface area contributed by atoms with E-state index in [1.807, 2.05) is 18.2 Å². The number of amides is 2. The summed E-state index contributed by atoms with van der Waals surface area (Å²) in [5.74, 6) is 0.188. The zero-order valence-corrected chi connectivity index (χ0v) is 12.2. The average molecular weight is 289 g/mol. The van der Waals surface area contributed by atoms with Crippen LogP contribution in [0.25, 0.3) is 0 Å². The Bertz CT molecular complexity index is 496. The van der Waals surface area contributed by atoms with E-state index < -0.39 is 5.91 Å². The number of rotatable bonds is 6. The maximum Gasteiger partial charge on any atom is 0.224 e. The highest BCUT2D eigenvalue weighted by Gasteiger charge is 2.15. The summed E-state index contributed by atoms with van der Waals surface area (Å²) in [6.45, 7) is 2.09. The van der Waals surface area contributed by atoms with Crippen LogP contribution in [0.3, 0.4) is 0 Å². The minimum absolute atomic E-state index is 0.00232. The van der Waals surface area contributed by atoms with Gasteiger partial charge in [0.1, 0.15) is 0 Å². The average Bonchev–Trinajstić information content (AvgIpc) is 2.48. The largest absolute Gasteiger partial charge is 0.369 e. The summed E-state index contributed by atoms with van der Waals surface area (Å²) in [6, 6.07) is 7.29. The Kier molecular flexibility index (Phi) is 5.75. The van der Waals surface area contributed by atoms with Crippen LogP contribution in [0.2, 0.25) is 0 Å². The first-order chi connectivity index (χ1) is 10.1. The first kappa shape index (κ1) is 15.5. The van der Waals surface area contributed by atoms with Crippen molar-refractivity contribution in [3.05, 3.63) is 29.8 Å². The number of hydrogen-bond donors (Lipinski definition) is 3. The third kappa shape index (κ3) is 5.19. The Morgan fingerprint density at radius 2 is 2.14 bits per heavy atom. The molecule has 1 heterocycles. The lowest BCUT2D eigenvalue weighted by molar-refractivity contribution is -0.118. The minimum atomic E-state index is -0.398. The topological polar surface area (TPSA) is 84.2 Å². The van der Waals surface area contributed by atoms with Crippen LogP contribution in [0.5, 0.6) is 0 Å². The van der Waals surface area contributed by atoms with Gasteiger partial charge in [0.2, 0.25) is 11.8 Å². The number of carbonyl (C=O) groups is 2. The molecule has 21 heavy (non-hydrogen) atoms. The van der Waals surface area contributed by atoms with Gasteiger partial charge in [0.25, 0.3) is 0 Å². The van der Waals surface area contributed by atoms with E-state index in [-0.39, 0.29) is 12.3 Å². The maximum atomic E-state index is 12.0. The predicted octanol–water partition coefficient (Wildman–Crippen LogP) is 1.43. The van der Waals surface area contributed by atoms with Gasteiger partial charge in [-0.15, -0.1) is 0 Å². The standard InChI is InChI=1S/C16H23N3O2/c17-15(20)10-13-5-1-2-6-14(13)19-16(21)8-7-12-4-3-9-18-11-12/h1-2,5-6,12,18H,3-4,7-11H2,(H2,17,20)(H,19,21). The number of nitrogens with one attached hydrogen (secondary N) is 2. The van der Waals surface area contributed by atoms with Gasteiger partial charge in [-0.25, -0.2) is 0 Å². The number of piperidine rings is 1. The fourth-order valence-corrected chi connectivity index (χ4v) is 2.70. The molecule has 5 nitrogen and oxygen atoms in total. The van der Waals surface area contributed by atoms with Crippen molar-refractivity contribution < 1.29 is 9.59 Å². The first-order valence-electron chi connectivity index (χ1n) is 7.52. The molecule has 0 bridgehead atoms. The van der Waals surface area contributed by atoms with Gasteiger partial charge in [-0.3, -0.25) is 9.59 Å². The molecule has 0 saturated carbocycles. The van der Waals surface area contributed by atoms with Crippen LogP contribution in [0.15, 0.2) is 24.3 Å². The molecule has 1 fully saturated rings. The van der Waals surface area contributed by atoms with E-state index in [2.05, 4.69) is 10.6 Å². The van der Waals surface area contributed by atoms with Crippen LogP contribution in [0.1, 0.15) is 31.2 Å². The van der Waals surface area contributed by atoms with Crippen molar-refractivity contribution in [3.8, 4) is 0 Å². The SMILES string of the molecule is NC(=O)Cc1ccccc1NC(=O)CCC1CCCNC1.